The number of nitrogens with one attached hydrogen (secondary N) is 2. The minimum Gasteiger partial charge on any atom is -0.481 e. The molecule has 2 aliphatic rings. The van der Waals surface area contributed by atoms with Gasteiger partial charge in [0, 0.05) is 17.8 Å². The first kappa shape index (κ1) is 16.2. The molecule has 1 aromatic carbocycles. The smallest absolute Gasteiger partial charge is 0.307 e. The van der Waals surface area contributed by atoms with Crippen molar-refractivity contribution < 1.29 is 19.5 Å². The van der Waals surface area contributed by atoms with Gasteiger partial charge in [-0.1, -0.05) is 18.2 Å². The molecule has 4 unspecified atom stereocenters. The van der Waals surface area contributed by atoms with Crippen LogP contribution < -0.4 is 10.6 Å². The van der Waals surface area contributed by atoms with E-state index in [1.165, 1.54) is 0 Å². The Morgan fingerprint density at radius 1 is 1.17 bits per heavy atom. The Morgan fingerprint density at radius 3 is 2.54 bits per heavy atom. The zero-order valence-corrected chi connectivity index (χ0v) is 13.4. The summed E-state index contributed by atoms with van der Waals surface area (Å²) in [6.07, 6.45) is 4.57. The largest absolute Gasteiger partial charge is 0.481 e. The van der Waals surface area contributed by atoms with E-state index in [0.29, 0.717) is 24.2 Å². The third kappa shape index (κ3) is 2.91. The van der Waals surface area contributed by atoms with Crippen LogP contribution in [-0.4, -0.2) is 29.4 Å². The number of rotatable bonds is 5. The van der Waals surface area contributed by atoms with E-state index in [-0.39, 0.29) is 23.7 Å². The lowest BCUT2D eigenvalue weighted by molar-refractivity contribution is -0.146. The number of amides is 2. The Labute approximate surface area is 139 Å². The lowest BCUT2D eigenvalue weighted by Gasteiger charge is -2.23. The summed E-state index contributed by atoms with van der Waals surface area (Å²) in [6, 6.07) is 6.65. The lowest BCUT2D eigenvalue weighted by Crippen LogP contribution is -2.36. The summed E-state index contributed by atoms with van der Waals surface area (Å²) in [5.74, 6) is -2.76. The maximum Gasteiger partial charge on any atom is 0.307 e. The van der Waals surface area contributed by atoms with Crippen LogP contribution in [0.3, 0.4) is 0 Å². The zero-order chi connectivity index (χ0) is 17.3. The molecule has 1 saturated carbocycles. The number of fused-ring (bicyclic) bond motifs is 2. The number of benzene rings is 1. The summed E-state index contributed by atoms with van der Waals surface area (Å²) >= 11 is 0. The predicted molar refractivity (Wildman–Crippen MR) is 88.4 cm³/mol. The van der Waals surface area contributed by atoms with Gasteiger partial charge in [-0.3, -0.25) is 14.4 Å². The molecule has 3 N–H and O–H groups in total. The first-order chi connectivity index (χ1) is 11.5. The third-order valence-corrected chi connectivity index (χ3v) is 4.78. The number of anilines is 1. The predicted octanol–water partition coefficient (Wildman–Crippen LogP) is 1.90. The molecule has 126 valence electrons. The van der Waals surface area contributed by atoms with E-state index in [1.54, 1.807) is 24.3 Å². The Bertz CT molecular complexity index is 713. The highest BCUT2D eigenvalue weighted by Crippen LogP contribution is 2.48. The van der Waals surface area contributed by atoms with Gasteiger partial charge in [0.2, 0.25) is 5.91 Å². The summed E-state index contributed by atoms with van der Waals surface area (Å²) in [7, 11) is 0. The first-order valence-electron chi connectivity index (χ1n) is 8.11. The molecule has 6 nitrogen and oxygen atoms in total. The van der Waals surface area contributed by atoms with Crippen molar-refractivity contribution in [1.29, 1.82) is 0 Å². The fourth-order valence-corrected chi connectivity index (χ4v) is 3.74. The molecule has 0 spiro atoms. The molecule has 1 fully saturated rings. The Balaban J connectivity index is 1.75. The van der Waals surface area contributed by atoms with Crippen molar-refractivity contribution in [3.63, 3.8) is 0 Å². The van der Waals surface area contributed by atoms with E-state index in [4.69, 9.17) is 0 Å². The van der Waals surface area contributed by atoms with Gasteiger partial charge in [0.1, 0.15) is 0 Å². The normalized spacial score (nSPS) is 27.0. The van der Waals surface area contributed by atoms with Crippen LogP contribution in [0.4, 0.5) is 5.69 Å². The van der Waals surface area contributed by atoms with Crippen molar-refractivity contribution >= 4 is 23.5 Å². The molecule has 2 bridgehead atoms. The van der Waals surface area contributed by atoms with Crippen molar-refractivity contribution in [2.75, 3.05) is 11.9 Å². The highest BCUT2D eigenvalue weighted by atomic mass is 16.4. The Hall–Kier alpha value is -2.63. The molecule has 0 aromatic heterocycles. The minimum atomic E-state index is -0.928. The van der Waals surface area contributed by atoms with E-state index >= 15 is 0 Å². The zero-order valence-electron chi connectivity index (χ0n) is 13.4. The van der Waals surface area contributed by atoms with E-state index in [0.717, 1.165) is 0 Å². The molecule has 0 aliphatic heterocycles. The number of hydrogen-bond donors (Lipinski definition) is 3. The van der Waals surface area contributed by atoms with Crippen LogP contribution in [0.15, 0.2) is 36.4 Å². The molecule has 0 radical (unpaired) electrons. The van der Waals surface area contributed by atoms with Crippen LogP contribution in [0.5, 0.6) is 0 Å². The fourth-order valence-electron chi connectivity index (χ4n) is 3.74. The molecule has 6 heteroatoms. The second-order valence-electron chi connectivity index (χ2n) is 6.27. The lowest BCUT2D eigenvalue weighted by atomic mass is 9.82. The van der Waals surface area contributed by atoms with Gasteiger partial charge in [-0.2, -0.15) is 0 Å². The van der Waals surface area contributed by atoms with Crippen LogP contribution in [0.25, 0.3) is 0 Å². The highest BCUT2D eigenvalue weighted by molar-refractivity contribution is 5.99. The van der Waals surface area contributed by atoms with E-state index in [9.17, 15) is 19.5 Å². The summed E-state index contributed by atoms with van der Waals surface area (Å²) in [4.78, 5) is 36.0. The van der Waals surface area contributed by atoms with E-state index in [1.807, 2.05) is 19.1 Å². The minimum absolute atomic E-state index is 0.0253. The van der Waals surface area contributed by atoms with E-state index in [2.05, 4.69) is 10.6 Å². The molecule has 0 saturated heterocycles. The Kier molecular flexibility index (Phi) is 4.38. The van der Waals surface area contributed by atoms with Crippen LogP contribution >= 0.6 is 0 Å². The topological polar surface area (TPSA) is 95.5 Å². The number of carbonyl (C=O) groups excluding carboxylic acids is 2. The van der Waals surface area contributed by atoms with Crippen LogP contribution in [0.2, 0.25) is 0 Å². The standard InChI is InChI=1S/C18H20N2O4/c1-2-19-16(21)12-4-3-5-13(9-12)20-17(22)14-10-6-7-11(8-10)15(14)18(23)24/h3-7,9-11,14-15H,2,8H2,1H3,(H,19,21)(H,20,22)(H,23,24). The molecule has 3 rings (SSSR count). The molecule has 0 heterocycles. The molecule has 2 aliphatic carbocycles. The third-order valence-electron chi connectivity index (χ3n) is 4.78. The van der Waals surface area contributed by atoms with Crippen LogP contribution in [-0.2, 0) is 9.59 Å². The van der Waals surface area contributed by atoms with Crippen molar-refractivity contribution in [3.8, 4) is 0 Å². The molecule has 24 heavy (non-hydrogen) atoms. The maximum atomic E-state index is 12.6. The van der Waals surface area contributed by atoms with Gasteiger partial charge in [0.15, 0.2) is 0 Å². The van der Waals surface area contributed by atoms with Gasteiger partial charge in [-0.15, -0.1) is 0 Å². The number of allylic oxidation sites excluding steroid dienone is 2. The van der Waals surface area contributed by atoms with Crippen molar-refractivity contribution in [2.24, 2.45) is 23.7 Å². The van der Waals surface area contributed by atoms with Gasteiger partial charge >= 0.3 is 5.97 Å². The number of carboxylic acid groups (broad SMARTS) is 1. The first-order valence-corrected chi connectivity index (χ1v) is 8.11. The highest BCUT2D eigenvalue weighted by Gasteiger charge is 2.51. The van der Waals surface area contributed by atoms with Gasteiger partial charge < -0.3 is 15.7 Å². The van der Waals surface area contributed by atoms with Crippen molar-refractivity contribution in [3.05, 3.63) is 42.0 Å². The average molecular weight is 328 g/mol. The van der Waals surface area contributed by atoms with Gasteiger partial charge in [0.05, 0.1) is 11.8 Å². The summed E-state index contributed by atoms with van der Waals surface area (Å²) < 4.78 is 0. The second kappa shape index (κ2) is 6.47. The number of hydrogen-bond acceptors (Lipinski definition) is 3. The molecular weight excluding hydrogens is 308 g/mol. The number of aliphatic carboxylic acids is 1. The second-order valence-corrected chi connectivity index (χ2v) is 6.27. The summed E-state index contributed by atoms with van der Waals surface area (Å²) in [5.41, 5.74) is 0.955. The number of carboxylic acids is 1. The van der Waals surface area contributed by atoms with E-state index < -0.39 is 17.8 Å². The maximum absolute atomic E-state index is 12.6. The van der Waals surface area contributed by atoms with Crippen molar-refractivity contribution in [1.82, 2.24) is 5.32 Å². The van der Waals surface area contributed by atoms with Crippen LogP contribution in [0.1, 0.15) is 23.7 Å². The number of carbonyl (C=O) groups is 3. The average Bonchev–Trinajstić information content (AvgIpc) is 3.16. The van der Waals surface area contributed by atoms with Gasteiger partial charge in [-0.05, 0) is 43.4 Å². The molecular formula is C18H20N2O4. The monoisotopic (exact) mass is 328 g/mol. The molecule has 2 amide bonds. The van der Waals surface area contributed by atoms with Gasteiger partial charge in [-0.25, -0.2) is 0 Å². The summed E-state index contributed by atoms with van der Waals surface area (Å²) in [6.45, 7) is 2.35. The van der Waals surface area contributed by atoms with Crippen LogP contribution in [0, 0.1) is 23.7 Å². The molecule has 1 aromatic rings. The fraction of sp³-hybridized carbons (Fsp3) is 0.389. The van der Waals surface area contributed by atoms with Gasteiger partial charge in [0.25, 0.3) is 5.91 Å². The quantitative estimate of drug-likeness (QED) is 0.719. The summed E-state index contributed by atoms with van der Waals surface area (Å²) in [5, 5.41) is 14.9. The van der Waals surface area contributed by atoms with Crippen molar-refractivity contribution in [2.45, 2.75) is 13.3 Å². The Morgan fingerprint density at radius 2 is 1.88 bits per heavy atom. The SMILES string of the molecule is CCNC(=O)c1cccc(NC(=O)C2C3C=CC(C3)C2C(=O)O)c1. The molecule has 4 atom stereocenters.